The van der Waals surface area contributed by atoms with Gasteiger partial charge >= 0.3 is 11.9 Å². The van der Waals surface area contributed by atoms with Crippen LogP contribution in [-0.2, 0) is 19.1 Å². The van der Waals surface area contributed by atoms with Gasteiger partial charge in [-0.15, -0.1) is 0 Å². The number of halogens is 2. The second-order valence-electron chi connectivity index (χ2n) is 8.28. The van der Waals surface area contributed by atoms with E-state index in [2.05, 4.69) is 0 Å². The van der Waals surface area contributed by atoms with Crippen LogP contribution in [0.25, 0.3) is 0 Å². The van der Waals surface area contributed by atoms with Crippen molar-refractivity contribution in [3.8, 4) is 0 Å². The number of benzene rings is 2. The number of rotatable bonds is 7. The summed E-state index contributed by atoms with van der Waals surface area (Å²) in [6.45, 7) is 7.54. The zero-order valence-electron chi connectivity index (χ0n) is 20.8. The Morgan fingerprint density at radius 1 is 0.886 bits per heavy atom. The third kappa shape index (κ3) is 5.34. The third-order valence-corrected chi connectivity index (χ3v) is 6.48. The first-order valence-corrected chi connectivity index (χ1v) is 12.2. The molecule has 1 aliphatic heterocycles. The molecule has 0 aliphatic carbocycles. The molecule has 8 heteroatoms. The smallest absolute Gasteiger partial charge is 0.336 e. The highest BCUT2D eigenvalue weighted by Crippen LogP contribution is 2.46. The van der Waals surface area contributed by atoms with Gasteiger partial charge in [-0.05, 0) is 69.7 Å². The SMILES string of the molecule is CCOC(=O)C1=C(C)N(c2ccc(N(C)C)cc2)C(C)=C(C(=O)OCC)C1c1ccc(Cl)cc1Cl. The average Bonchev–Trinajstić information content (AvgIpc) is 2.79. The highest BCUT2D eigenvalue weighted by atomic mass is 35.5. The molecule has 2 aromatic rings. The van der Waals surface area contributed by atoms with Gasteiger partial charge in [-0.25, -0.2) is 9.59 Å². The molecule has 0 bridgehead atoms. The van der Waals surface area contributed by atoms with Gasteiger partial charge in [-0.3, -0.25) is 0 Å². The van der Waals surface area contributed by atoms with Crippen molar-refractivity contribution in [3.05, 3.63) is 80.6 Å². The van der Waals surface area contributed by atoms with Crippen LogP contribution in [0.2, 0.25) is 10.0 Å². The molecule has 0 aromatic heterocycles. The summed E-state index contributed by atoms with van der Waals surface area (Å²) in [4.78, 5) is 30.6. The minimum Gasteiger partial charge on any atom is -0.463 e. The second kappa shape index (κ2) is 11.2. The van der Waals surface area contributed by atoms with Crippen molar-refractivity contribution in [3.63, 3.8) is 0 Å². The Kier molecular flexibility index (Phi) is 8.51. The molecule has 6 nitrogen and oxygen atoms in total. The first kappa shape index (κ1) is 26.6. The highest BCUT2D eigenvalue weighted by Gasteiger charge is 2.41. The van der Waals surface area contributed by atoms with E-state index in [-0.39, 0.29) is 13.2 Å². The maximum atomic E-state index is 13.4. The lowest BCUT2D eigenvalue weighted by atomic mass is 9.79. The molecule has 186 valence electrons. The van der Waals surface area contributed by atoms with Crippen LogP contribution >= 0.6 is 23.2 Å². The number of allylic oxidation sites excluding steroid dienone is 2. The Morgan fingerprint density at radius 2 is 1.40 bits per heavy atom. The van der Waals surface area contributed by atoms with Crippen LogP contribution in [-0.4, -0.2) is 39.2 Å². The summed E-state index contributed by atoms with van der Waals surface area (Å²) in [5.74, 6) is -1.83. The first-order valence-electron chi connectivity index (χ1n) is 11.4. The summed E-state index contributed by atoms with van der Waals surface area (Å²) in [6, 6.07) is 12.9. The molecular weight excluding hydrogens is 487 g/mol. The van der Waals surface area contributed by atoms with Crippen molar-refractivity contribution in [1.82, 2.24) is 0 Å². The normalized spacial score (nSPS) is 14.3. The average molecular weight is 517 g/mol. The number of hydrogen-bond donors (Lipinski definition) is 0. The Morgan fingerprint density at radius 3 is 1.83 bits per heavy atom. The van der Waals surface area contributed by atoms with Crippen LogP contribution in [0.3, 0.4) is 0 Å². The molecule has 0 fully saturated rings. The quantitative estimate of drug-likeness (QED) is 0.400. The van der Waals surface area contributed by atoms with Gasteiger partial charge in [0.05, 0.1) is 30.3 Å². The lowest BCUT2D eigenvalue weighted by Crippen LogP contribution is -2.35. The Balaban J connectivity index is 2.32. The number of esters is 2. The van der Waals surface area contributed by atoms with Crippen LogP contribution in [0, 0.1) is 0 Å². The Labute approximate surface area is 216 Å². The molecule has 0 atom stereocenters. The molecule has 0 spiro atoms. The zero-order chi connectivity index (χ0) is 25.9. The Bertz CT molecular complexity index is 1140. The summed E-state index contributed by atoms with van der Waals surface area (Å²) in [6.07, 6.45) is 0. The number of hydrogen-bond acceptors (Lipinski definition) is 6. The molecule has 0 unspecified atom stereocenters. The highest BCUT2D eigenvalue weighted by molar-refractivity contribution is 6.35. The minimum absolute atomic E-state index is 0.186. The van der Waals surface area contributed by atoms with E-state index in [9.17, 15) is 9.59 Å². The van der Waals surface area contributed by atoms with Crippen LogP contribution < -0.4 is 9.80 Å². The summed E-state index contributed by atoms with van der Waals surface area (Å²) in [5.41, 5.74) is 4.32. The molecule has 3 rings (SSSR count). The maximum absolute atomic E-state index is 13.4. The van der Waals surface area contributed by atoms with Crippen LogP contribution in [0.4, 0.5) is 11.4 Å². The van der Waals surface area contributed by atoms with E-state index in [0.29, 0.717) is 38.1 Å². The van der Waals surface area contributed by atoms with Gasteiger partial charge in [0.2, 0.25) is 0 Å². The van der Waals surface area contributed by atoms with Crippen molar-refractivity contribution < 1.29 is 19.1 Å². The van der Waals surface area contributed by atoms with Crippen LogP contribution in [0.5, 0.6) is 0 Å². The molecule has 1 aliphatic rings. The third-order valence-electron chi connectivity index (χ3n) is 5.92. The fraction of sp³-hybridized carbons (Fsp3) is 0.333. The monoisotopic (exact) mass is 516 g/mol. The van der Waals surface area contributed by atoms with E-state index in [4.69, 9.17) is 32.7 Å². The van der Waals surface area contributed by atoms with Gasteiger partial charge in [0.15, 0.2) is 0 Å². The van der Waals surface area contributed by atoms with Crippen molar-refractivity contribution in [1.29, 1.82) is 0 Å². The lowest BCUT2D eigenvalue weighted by Gasteiger charge is -2.38. The number of carbonyl (C=O) groups is 2. The van der Waals surface area contributed by atoms with Gasteiger partial charge < -0.3 is 19.3 Å². The Hall–Kier alpha value is -2.96. The lowest BCUT2D eigenvalue weighted by molar-refractivity contribution is -0.139. The van der Waals surface area contributed by atoms with E-state index in [1.54, 1.807) is 32.0 Å². The van der Waals surface area contributed by atoms with Gasteiger partial charge in [0.1, 0.15) is 0 Å². The number of nitrogens with zero attached hydrogens (tertiary/aromatic N) is 2. The molecule has 0 radical (unpaired) electrons. The minimum atomic E-state index is -0.782. The van der Waals surface area contributed by atoms with Crippen molar-refractivity contribution in [2.24, 2.45) is 0 Å². The van der Waals surface area contributed by atoms with Gasteiger partial charge in [0, 0.05) is 46.9 Å². The molecule has 0 N–H and O–H groups in total. The predicted molar refractivity (Wildman–Crippen MR) is 141 cm³/mol. The first-order chi connectivity index (χ1) is 16.6. The summed E-state index contributed by atoms with van der Waals surface area (Å²) in [7, 11) is 3.93. The van der Waals surface area contributed by atoms with E-state index in [0.717, 1.165) is 11.4 Å². The summed E-state index contributed by atoms with van der Waals surface area (Å²) >= 11 is 12.7. The van der Waals surface area contributed by atoms with Gasteiger partial charge in [-0.1, -0.05) is 29.3 Å². The maximum Gasteiger partial charge on any atom is 0.336 e. The molecule has 0 amide bonds. The topological polar surface area (TPSA) is 59.1 Å². The summed E-state index contributed by atoms with van der Waals surface area (Å²) < 4.78 is 10.9. The van der Waals surface area contributed by atoms with Gasteiger partial charge in [0.25, 0.3) is 0 Å². The number of anilines is 2. The molecule has 1 heterocycles. The van der Waals surface area contributed by atoms with Crippen LogP contribution in [0.15, 0.2) is 65.0 Å². The fourth-order valence-corrected chi connectivity index (χ4v) is 4.85. The van der Waals surface area contributed by atoms with E-state index in [1.807, 2.05) is 62.0 Å². The van der Waals surface area contributed by atoms with Crippen molar-refractivity contribution >= 4 is 46.5 Å². The molecule has 0 saturated heterocycles. The predicted octanol–water partition coefficient (Wildman–Crippen LogP) is 6.34. The molecular formula is C27H30Cl2N2O4. The van der Waals surface area contributed by atoms with Crippen molar-refractivity contribution in [2.45, 2.75) is 33.6 Å². The van der Waals surface area contributed by atoms with E-state index >= 15 is 0 Å². The summed E-state index contributed by atoms with van der Waals surface area (Å²) in [5, 5.41) is 0.796. The standard InChI is InChI=1S/C27H30Cl2N2O4/c1-7-34-26(32)23-16(3)31(20-12-10-19(11-13-20)30(5)6)17(4)24(27(33)35-8-2)25(23)21-14-9-18(28)15-22(21)29/h9-15,25H,7-8H2,1-6H3. The van der Waals surface area contributed by atoms with Crippen molar-refractivity contribution in [2.75, 3.05) is 37.1 Å². The fourth-order valence-electron chi connectivity index (χ4n) is 4.34. The molecule has 0 saturated carbocycles. The van der Waals surface area contributed by atoms with E-state index < -0.39 is 17.9 Å². The molecule has 2 aromatic carbocycles. The second-order valence-corrected chi connectivity index (χ2v) is 9.13. The number of ether oxygens (including phenoxy) is 2. The van der Waals surface area contributed by atoms with Crippen LogP contribution in [0.1, 0.15) is 39.2 Å². The van der Waals surface area contributed by atoms with Gasteiger partial charge in [-0.2, -0.15) is 0 Å². The largest absolute Gasteiger partial charge is 0.463 e. The molecule has 35 heavy (non-hydrogen) atoms. The number of carbonyl (C=O) groups excluding carboxylic acids is 2. The zero-order valence-corrected chi connectivity index (χ0v) is 22.3. The van der Waals surface area contributed by atoms with E-state index in [1.165, 1.54) is 0 Å².